The van der Waals surface area contributed by atoms with E-state index in [4.69, 9.17) is 0 Å². The molecule has 1 aromatic rings. The molecule has 0 bridgehead atoms. The highest BCUT2D eigenvalue weighted by Gasteiger charge is 2.08. The molecule has 0 aliphatic rings. The van der Waals surface area contributed by atoms with Crippen LogP contribution >= 0.6 is 15.9 Å². The maximum atomic E-state index is 12.5. The molecule has 4 heteroatoms. The fourth-order valence-electron chi connectivity index (χ4n) is 0.813. The average Bonchev–Trinajstić information content (AvgIpc) is 2.01. The van der Waals surface area contributed by atoms with E-state index in [1.807, 2.05) is 0 Å². The van der Waals surface area contributed by atoms with Gasteiger partial charge in [-0.1, -0.05) is 15.9 Å². The number of halogens is 3. The summed E-state index contributed by atoms with van der Waals surface area (Å²) in [5.41, 5.74) is 0.280. The number of benzene rings is 1. The van der Waals surface area contributed by atoms with E-state index in [9.17, 15) is 13.6 Å². The summed E-state index contributed by atoms with van der Waals surface area (Å²) in [7, 11) is 0. The largest absolute Gasteiger partial charge is 0.302 e. The lowest BCUT2D eigenvalue weighted by atomic mass is 10.1. The van der Waals surface area contributed by atoms with Crippen molar-refractivity contribution in [1.82, 2.24) is 0 Å². The van der Waals surface area contributed by atoms with Crippen molar-refractivity contribution in [2.24, 2.45) is 0 Å². The summed E-state index contributed by atoms with van der Waals surface area (Å²) in [5.74, 6) is -1.37. The quantitative estimate of drug-likeness (QED) is 0.568. The van der Waals surface area contributed by atoms with Crippen molar-refractivity contribution in [2.45, 2.75) is 4.83 Å². The number of alkyl halides is 1. The maximum absolute atomic E-state index is 12.5. The zero-order valence-corrected chi connectivity index (χ0v) is 7.51. The molecule has 0 fully saturated rings. The SMILES string of the molecule is O=CC(Br)c1cc(F)cc(F)c1. The van der Waals surface area contributed by atoms with Crippen molar-refractivity contribution >= 4 is 22.2 Å². The van der Waals surface area contributed by atoms with Crippen LogP contribution in [0.5, 0.6) is 0 Å². The van der Waals surface area contributed by atoms with E-state index < -0.39 is 16.5 Å². The first-order valence-electron chi connectivity index (χ1n) is 3.19. The topological polar surface area (TPSA) is 17.1 Å². The first-order valence-corrected chi connectivity index (χ1v) is 4.10. The highest BCUT2D eigenvalue weighted by Crippen LogP contribution is 2.21. The molecule has 0 aliphatic carbocycles. The minimum atomic E-state index is -0.684. The van der Waals surface area contributed by atoms with Gasteiger partial charge >= 0.3 is 0 Å². The lowest BCUT2D eigenvalue weighted by Gasteiger charge is -2.01. The van der Waals surface area contributed by atoms with E-state index in [1.165, 1.54) is 0 Å². The van der Waals surface area contributed by atoms with Crippen LogP contribution in [-0.2, 0) is 4.79 Å². The summed E-state index contributed by atoms with van der Waals surface area (Å²) >= 11 is 2.95. The molecule has 0 saturated heterocycles. The van der Waals surface area contributed by atoms with Crippen molar-refractivity contribution in [2.75, 3.05) is 0 Å². The van der Waals surface area contributed by atoms with Crippen LogP contribution in [0, 0.1) is 11.6 Å². The van der Waals surface area contributed by atoms with E-state index in [0.29, 0.717) is 6.29 Å². The molecule has 0 spiro atoms. The summed E-state index contributed by atoms with van der Waals surface area (Å²) in [6.07, 6.45) is 0.564. The van der Waals surface area contributed by atoms with E-state index in [1.54, 1.807) is 0 Å². The van der Waals surface area contributed by atoms with Gasteiger partial charge in [0.25, 0.3) is 0 Å². The molecule has 0 N–H and O–H groups in total. The predicted octanol–water partition coefficient (Wildman–Crippen LogP) is 2.60. The van der Waals surface area contributed by atoms with Gasteiger partial charge in [-0.2, -0.15) is 0 Å². The number of carbonyl (C=O) groups excluding carboxylic acids is 1. The second kappa shape index (κ2) is 3.76. The summed E-state index contributed by atoms with van der Waals surface area (Å²) < 4.78 is 25.1. The zero-order valence-electron chi connectivity index (χ0n) is 5.93. The third-order valence-corrected chi connectivity index (χ3v) is 2.07. The molecular weight excluding hydrogens is 230 g/mol. The first kappa shape index (κ1) is 9.32. The smallest absolute Gasteiger partial charge is 0.138 e. The number of hydrogen-bond acceptors (Lipinski definition) is 1. The molecule has 0 radical (unpaired) electrons. The Morgan fingerprint density at radius 1 is 1.25 bits per heavy atom. The van der Waals surface area contributed by atoms with Crippen molar-refractivity contribution in [1.29, 1.82) is 0 Å². The molecule has 0 amide bonds. The molecule has 1 unspecified atom stereocenters. The summed E-state index contributed by atoms with van der Waals surface area (Å²) in [6, 6.07) is 2.97. The normalized spacial score (nSPS) is 12.6. The molecule has 0 saturated carbocycles. The maximum Gasteiger partial charge on any atom is 0.138 e. The van der Waals surface area contributed by atoms with Crippen LogP contribution in [0.4, 0.5) is 8.78 Å². The molecule has 1 rings (SSSR count). The predicted molar refractivity (Wildman–Crippen MR) is 44.1 cm³/mol. The summed E-state index contributed by atoms with van der Waals surface area (Å²) in [5, 5.41) is 0. The first-order chi connectivity index (χ1) is 5.63. The van der Waals surface area contributed by atoms with Gasteiger partial charge in [-0.15, -0.1) is 0 Å². The third kappa shape index (κ3) is 2.11. The Hall–Kier alpha value is -0.770. The van der Waals surface area contributed by atoms with Gasteiger partial charge in [-0.05, 0) is 17.7 Å². The fraction of sp³-hybridized carbons (Fsp3) is 0.125. The van der Waals surface area contributed by atoms with Gasteiger partial charge in [0.15, 0.2) is 0 Å². The van der Waals surface area contributed by atoms with E-state index in [0.717, 1.165) is 18.2 Å². The second-order valence-corrected chi connectivity index (χ2v) is 3.23. The molecule has 1 aromatic carbocycles. The molecule has 1 nitrogen and oxygen atoms in total. The fourth-order valence-corrected chi connectivity index (χ4v) is 1.08. The number of hydrogen-bond donors (Lipinski definition) is 0. The Labute approximate surface area is 76.5 Å². The molecule has 1 atom stereocenters. The Bertz CT molecular complexity index is 281. The molecule has 64 valence electrons. The standard InChI is InChI=1S/C8H5BrF2O/c9-8(4-12)5-1-6(10)3-7(11)2-5/h1-4,8H. The van der Waals surface area contributed by atoms with Crippen LogP contribution in [-0.4, -0.2) is 6.29 Å². The van der Waals surface area contributed by atoms with Crippen molar-refractivity contribution in [3.8, 4) is 0 Å². The van der Waals surface area contributed by atoms with E-state index in [-0.39, 0.29) is 5.56 Å². The van der Waals surface area contributed by atoms with Crippen LogP contribution < -0.4 is 0 Å². The lowest BCUT2D eigenvalue weighted by Crippen LogP contribution is -1.93. The minimum absolute atomic E-state index is 0.280. The highest BCUT2D eigenvalue weighted by atomic mass is 79.9. The van der Waals surface area contributed by atoms with Crippen LogP contribution in [0.1, 0.15) is 10.4 Å². The summed E-state index contributed by atoms with van der Waals surface area (Å²) in [6.45, 7) is 0. The second-order valence-electron chi connectivity index (χ2n) is 2.24. The van der Waals surface area contributed by atoms with Gasteiger partial charge in [0, 0.05) is 6.07 Å². The monoisotopic (exact) mass is 234 g/mol. The van der Waals surface area contributed by atoms with Gasteiger partial charge in [0.2, 0.25) is 0 Å². The van der Waals surface area contributed by atoms with Gasteiger partial charge in [0.1, 0.15) is 17.9 Å². The zero-order chi connectivity index (χ0) is 9.14. The highest BCUT2D eigenvalue weighted by molar-refractivity contribution is 9.09. The van der Waals surface area contributed by atoms with Gasteiger partial charge < -0.3 is 4.79 Å². The molecule has 0 aliphatic heterocycles. The molecule has 0 aromatic heterocycles. The van der Waals surface area contributed by atoms with Crippen LogP contribution in [0.25, 0.3) is 0 Å². The summed E-state index contributed by atoms with van der Waals surface area (Å²) in [4.78, 5) is 9.59. The van der Waals surface area contributed by atoms with Gasteiger partial charge in [-0.3, -0.25) is 0 Å². The van der Waals surface area contributed by atoms with Crippen LogP contribution in [0.15, 0.2) is 18.2 Å². The van der Waals surface area contributed by atoms with Gasteiger partial charge in [-0.25, -0.2) is 8.78 Å². The van der Waals surface area contributed by atoms with E-state index in [2.05, 4.69) is 15.9 Å². The Balaban J connectivity index is 3.08. The minimum Gasteiger partial charge on any atom is -0.302 e. The third-order valence-electron chi connectivity index (χ3n) is 1.32. The Morgan fingerprint density at radius 3 is 2.17 bits per heavy atom. The van der Waals surface area contributed by atoms with Gasteiger partial charge in [0.05, 0.1) is 4.83 Å². The van der Waals surface area contributed by atoms with Crippen LogP contribution in [0.2, 0.25) is 0 Å². The average molecular weight is 235 g/mol. The molecule has 0 heterocycles. The number of rotatable bonds is 2. The molecular formula is C8H5BrF2O. The lowest BCUT2D eigenvalue weighted by molar-refractivity contribution is -0.107. The number of aldehydes is 1. The number of carbonyl (C=O) groups is 1. The Kier molecular flexibility index (Phi) is 2.92. The van der Waals surface area contributed by atoms with Crippen molar-refractivity contribution in [3.63, 3.8) is 0 Å². The van der Waals surface area contributed by atoms with Crippen LogP contribution in [0.3, 0.4) is 0 Å². The molecule has 12 heavy (non-hydrogen) atoms. The van der Waals surface area contributed by atoms with Crippen molar-refractivity contribution in [3.05, 3.63) is 35.4 Å². The van der Waals surface area contributed by atoms with E-state index >= 15 is 0 Å². The Morgan fingerprint density at radius 2 is 1.75 bits per heavy atom. The van der Waals surface area contributed by atoms with Crippen molar-refractivity contribution < 1.29 is 13.6 Å².